The highest BCUT2D eigenvalue weighted by atomic mass is 32.1. The predicted molar refractivity (Wildman–Crippen MR) is 61.5 cm³/mol. The fraction of sp³-hybridized carbons (Fsp3) is 0. The summed E-state index contributed by atoms with van der Waals surface area (Å²) < 4.78 is 3.91. The van der Waals surface area contributed by atoms with Gasteiger partial charge in [-0.05, 0) is 11.5 Å². The van der Waals surface area contributed by atoms with Gasteiger partial charge in [0.15, 0.2) is 0 Å². The highest BCUT2D eigenvalue weighted by Crippen LogP contribution is 2.28. The van der Waals surface area contributed by atoms with E-state index < -0.39 is 11.9 Å². The third-order valence-electron chi connectivity index (χ3n) is 2.15. The van der Waals surface area contributed by atoms with E-state index in [1.54, 1.807) is 30.3 Å². The second kappa shape index (κ2) is 4.34. The summed E-state index contributed by atoms with van der Waals surface area (Å²) in [4.78, 5) is 21.7. The fourth-order valence-corrected chi connectivity index (χ4v) is 2.16. The number of carboxylic acid groups (broad SMARTS) is 2. The normalized spacial score (nSPS) is 10.1. The first kappa shape index (κ1) is 11.3. The van der Waals surface area contributed by atoms with Crippen LogP contribution in [0.3, 0.4) is 0 Å². The molecule has 0 spiro atoms. The Morgan fingerprint density at radius 2 is 1.71 bits per heavy atom. The maximum Gasteiger partial charge on any atom is 0.348 e. The molecule has 0 saturated heterocycles. The summed E-state index contributed by atoms with van der Waals surface area (Å²) >= 11 is 0.677. The summed E-state index contributed by atoms with van der Waals surface area (Å²) in [5.41, 5.74) is 0.530. The molecule has 0 aliphatic rings. The molecule has 0 atom stereocenters. The van der Waals surface area contributed by atoms with E-state index in [9.17, 15) is 9.59 Å². The second-order valence-electron chi connectivity index (χ2n) is 3.21. The lowest BCUT2D eigenvalue weighted by Crippen LogP contribution is -2.05. The Kier molecular flexibility index (Phi) is 2.88. The molecule has 5 nitrogen and oxygen atoms in total. The van der Waals surface area contributed by atoms with Crippen molar-refractivity contribution in [2.45, 2.75) is 0 Å². The lowest BCUT2D eigenvalue weighted by molar-refractivity contribution is 0.0656. The van der Waals surface area contributed by atoms with E-state index in [1.807, 2.05) is 0 Å². The standard InChI is InChI=1S/C11H7NO4S/c13-10(14)7-8(6-4-2-1-3-5-6)12-17-9(7)11(15)16/h1-5H,(H,13,14)(H,15,16). The zero-order valence-corrected chi connectivity index (χ0v) is 9.27. The molecule has 2 rings (SSSR count). The van der Waals surface area contributed by atoms with E-state index in [-0.39, 0.29) is 16.1 Å². The Morgan fingerprint density at radius 3 is 2.24 bits per heavy atom. The van der Waals surface area contributed by atoms with Gasteiger partial charge < -0.3 is 10.2 Å². The summed E-state index contributed by atoms with van der Waals surface area (Å²) in [5, 5.41) is 17.9. The molecule has 0 radical (unpaired) electrons. The molecule has 1 heterocycles. The van der Waals surface area contributed by atoms with E-state index in [1.165, 1.54) is 0 Å². The van der Waals surface area contributed by atoms with Crippen LogP contribution < -0.4 is 0 Å². The largest absolute Gasteiger partial charge is 0.478 e. The predicted octanol–water partition coefficient (Wildman–Crippen LogP) is 2.21. The molecule has 6 heteroatoms. The van der Waals surface area contributed by atoms with Gasteiger partial charge in [0, 0.05) is 5.56 Å². The lowest BCUT2D eigenvalue weighted by atomic mass is 10.1. The van der Waals surface area contributed by atoms with Crippen molar-refractivity contribution in [1.29, 1.82) is 0 Å². The van der Waals surface area contributed by atoms with Crippen LogP contribution in [0.5, 0.6) is 0 Å². The molecule has 0 amide bonds. The molecule has 0 fully saturated rings. The molecule has 1 aromatic heterocycles. The zero-order valence-electron chi connectivity index (χ0n) is 8.45. The van der Waals surface area contributed by atoms with Crippen LogP contribution in [0, 0.1) is 0 Å². The van der Waals surface area contributed by atoms with Gasteiger partial charge in [-0.3, -0.25) is 0 Å². The van der Waals surface area contributed by atoms with Gasteiger partial charge in [-0.2, -0.15) is 4.37 Å². The number of hydrogen-bond acceptors (Lipinski definition) is 4. The van der Waals surface area contributed by atoms with Crippen LogP contribution in [0.4, 0.5) is 0 Å². The SMILES string of the molecule is O=C(O)c1snc(-c2ccccc2)c1C(=O)O. The van der Waals surface area contributed by atoms with E-state index in [2.05, 4.69) is 4.37 Å². The van der Waals surface area contributed by atoms with Crippen molar-refractivity contribution in [2.75, 3.05) is 0 Å². The van der Waals surface area contributed by atoms with E-state index >= 15 is 0 Å². The van der Waals surface area contributed by atoms with Gasteiger partial charge in [0.2, 0.25) is 0 Å². The molecule has 0 aliphatic heterocycles. The molecule has 2 N–H and O–H groups in total. The first-order valence-electron chi connectivity index (χ1n) is 4.63. The summed E-state index contributed by atoms with van der Waals surface area (Å²) in [7, 11) is 0. The molecule has 17 heavy (non-hydrogen) atoms. The van der Waals surface area contributed by atoms with Gasteiger partial charge in [-0.15, -0.1) is 0 Å². The van der Waals surface area contributed by atoms with Crippen LogP contribution in [-0.4, -0.2) is 26.5 Å². The Bertz CT molecular complexity index is 576. The van der Waals surface area contributed by atoms with Crippen LogP contribution in [-0.2, 0) is 0 Å². The van der Waals surface area contributed by atoms with Crippen molar-refractivity contribution < 1.29 is 19.8 Å². The number of aromatic carboxylic acids is 2. The molecule has 2 aromatic rings. The van der Waals surface area contributed by atoms with Crippen molar-refractivity contribution in [3.8, 4) is 11.3 Å². The third-order valence-corrected chi connectivity index (χ3v) is 2.98. The lowest BCUT2D eigenvalue weighted by Gasteiger charge is -1.99. The van der Waals surface area contributed by atoms with Crippen molar-refractivity contribution in [3.05, 3.63) is 40.8 Å². The topological polar surface area (TPSA) is 87.5 Å². The maximum absolute atomic E-state index is 11.1. The monoisotopic (exact) mass is 249 g/mol. The summed E-state index contributed by atoms with van der Waals surface area (Å²) in [6.45, 7) is 0. The Labute approximate surface area is 100 Å². The van der Waals surface area contributed by atoms with Crippen LogP contribution in [0.15, 0.2) is 30.3 Å². The van der Waals surface area contributed by atoms with Crippen molar-refractivity contribution in [1.82, 2.24) is 4.37 Å². The molecule has 0 unspecified atom stereocenters. The minimum Gasteiger partial charge on any atom is -0.478 e. The average Bonchev–Trinajstić information content (AvgIpc) is 2.74. The van der Waals surface area contributed by atoms with Gasteiger partial charge >= 0.3 is 11.9 Å². The number of hydrogen-bond donors (Lipinski definition) is 2. The number of nitrogens with zero attached hydrogens (tertiary/aromatic N) is 1. The molecule has 1 aromatic carbocycles. The first-order chi connectivity index (χ1) is 8.11. The molecule has 86 valence electrons. The van der Waals surface area contributed by atoms with Gasteiger partial charge in [-0.1, -0.05) is 30.3 Å². The van der Waals surface area contributed by atoms with Crippen molar-refractivity contribution >= 4 is 23.5 Å². The highest BCUT2D eigenvalue weighted by Gasteiger charge is 2.25. The van der Waals surface area contributed by atoms with E-state index in [0.717, 1.165) is 0 Å². The van der Waals surface area contributed by atoms with Crippen molar-refractivity contribution in [3.63, 3.8) is 0 Å². The number of benzene rings is 1. The summed E-state index contributed by atoms with van der Waals surface area (Å²) in [6.07, 6.45) is 0. The number of rotatable bonds is 3. The number of aromatic nitrogens is 1. The minimum atomic E-state index is -1.28. The second-order valence-corrected chi connectivity index (χ2v) is 3.99. The van der Waals surface area contributed by atoms with Crippen LogP contribution in [0.2, 0.25) is 0 Å². The van der Waals surface area contributed by atoms with Crippen LogP contribution >= 0.6 is 11.5 Å². The Morgan fingerprint density at radius 1 is 1.06 bits per heavy atom. The van der Waals surface area contributed by atoms with Gasteiger partial charge in [0.25, 0.3) is 0 Å². The summed E-state index contributed by atoms with van der Waals surface area (Å²) in [6, 6.07) is 8.64. The molecular formula is C11H7NO4S. The van der Waals surface area contributed by atoms with Crippen LogP contribution in [0.1, 0.15) is 20.0 Å². The van der Waals surface area contributed by atoms with E-state index in [0.29, 0.717) is 17.1 Å². The van der Waals surface area contributed by atoms with Gasteiger partial charge in [-0.25, -0.2) is 9.59 Å². The van der Waals surface area contributed by atoms with Crippen LogP contribution in [0.25, 0.3) is 11.3 Å². The Hall–Kier alpha value is -2.21. The molecular weight excluding hydrogens is 242 g/mol. The smallest absolute Gasteiger partial charge is 0.348 e. The highest BCUT2D eigenvalue weighted by molar-refractivity contribution is 7.08. The van der Waals surface area contributed by atoms with E-state index in [4.69, 9.17) is 10.2 Å². The van der Waals surface area contributed by atoms with Gasteiger partial charge in [0.05, 0.1) is 5.69 Å². The zero-order chi connectivity index (χ0) is 12.4. The molecule has 0 saturated carbocycles. The first-order valence-corrected chi connectivity index (χ1v) is 5.40. The Balaban J connectivity index is 2.64. The summed E-state index contributed by atoms with van der Waals surface area (Å²) in [5.74, 6) is -2.56. The minimum absolute atomic E-state index is 0.195. The molecule has 0 aliphatic carbocycles. The average molecular weight is 249 g/mol. The fourth-order valence-electron chi connectivity index (χ4n) is 1.43. The van der Waals surface area contributed by atoms with Gasteiger partial charge in [0.1, 0.15) is 10.4 Å². The number of carbonyl (C=O) groups is 2. The number of carboxylic acids is 2. The van der Waals surface area contributed by atoms with Crippen molar-refractivity contribution in [2.24, 2.45) is 0 Å². The quantitative estimate of drug-likeness (QED) is 0.870. The maximum atomic E-state index is 11.1. The molecule has 0 bridgehead atoms. The third kappa shape index (κ3) is 2.02.